The van der Waals surface area contributed by atoms with E-state index >= 15 is 0 Å². The van der Waals surface area contributed by atoms with Gasteiger partial charge >= 0.3 is 0 Å². The Kier molecular flexibility index (Phi) is 4.40. The summed E-state index contributed by atoms with van der Waals surface area (Å²) in [6, 6.07) is 8.22. The van der Waals surface area contributed by atoms with E-state index in [1.54, 1.807) is 0 Å². The number of carbonyl (C=O) groups excluding carboxylic acids is 1. The number of likely N-dealkylation sites (tertiary alicyclic amines) is 1. The molecular weight excluding hydrogens is 222 g/mol. The standard InChI is InChI=1S/C16H23NO/c1-3-13(4-2)14-8-7-9-15(12-14)16(18)17-10-5-6-11-17/h7-9,12-13H,3-6,10-11H2,1-2H3. The van der Waals surface area contributed by atoms with Gasteiger partial charge in [0, 0.05) is 18.7 Å². The Morgan fingerprint density at radius 2 is 1.89 bits per heavy atom. The smallest absolute Gasteiger partial charge is 0.253 e. The molecule has 18 heavy (non-hydrogen) atoms. The van der Waals surface area contributed by atoms with Gasteiger partial charge in [-0.2, -0.15) is 0 Å². The van der Waals surface area contributed by atoms with Crippen LogP contribution in [0.3, 0.4) is 0 Å². The van der Waals surface area contributed by atoms with Crippen LogP contribution >= 0.6 is 0 Å². The van der Waals surface area contributed by atoms with Crippen LogP contribution in [0.15, 0.2) is 24.3 Å². The number of benzene rings is 1. The first kappa shape index (κ1) is 13.1. The average Bonchev–Trinajstić information content (AvgIpc) is 2.94. The van der Waals surface area contributed by atoms with Crippen molar-refractivity contribution in [2.75, 3.05) is 13.1 Å². The number of rotatable bonds is 4. The molecule has 0 bridgehead atoms. The number of hydrogen-bond donors (Lipinski definition) is 0. The lowest BCUT2D eigenvalue weighted by Crippen LogP contribution is -2.27. The molecule has 2 heteroatoms. The fraction of sp³-hybridized carbons (Fsp3) is 0.562. The van der Waals surface area contributed by atoms with Gasteiger partial charge in [-0.05, 0) is 49.3 Å². The molecule has 0 aliphatic carbocycles. The molecule has 1 amide bonds. The Hall–Kier alpha value is -1.31. The first-order chi connectivity index (χ1) is 8.76. The van der Waals surface area contributed by atoms with Crippen molar-refractivity contribution in [3.63, 3.8) is 0 Å². The third-order valence-corrected chi connectivity index (χ3v) is 3.98. The summed E-state index contributed by atoms with van der Waals surface area (Å²) in [5, 5.41) is 0. The monoisotopic (exact) mass is 245 g/mol. The van der Waals surface area contributed by atoms with E-state index < -0.39 is 0 Å². The van der Waals surface area contributed by atoms with Gasteiger partial charge in [-0.25, -0.2) is 0 Å². The van der Waals surface area contributed by atoms with Crippen LogP contribution in [-0.4, -0.2) is 23.9 Å². The first-order valence-corrected chi connectivity index (χ1v) is 7.15. The second-order valence-corrected chi connectivity index (χ2v) is 5.14. The second-order valence-electron chi connectivity index (χ2n) is 5.14. The minimum absolute atomic E-state index is 0.209. The predicted octanol–water partition coefficient (Wildman–Crippen LogP) is 3.83. The highest BCUT2D eigenvalue weighted by Crippen LogP contribution is 2.24. The molecule has 0 spiro atoms. The van der Waals surface area contributed by atoms with E-state index in [0.717, 1.165) is 44.3 Å². The van der Waals surface area contributed by atoms with E-state index in [2.05, 4.69) is 26.0 Å². The molecule has 1 heterocycles. The molecule has 98 valence electrons. The Balaban J connectivity index is 2.18. The van der Waals surface area contributed by atoms with E-state index in [4.69, 9.17) is 0 Å². The van der Waals surface area contributed by atoms with Gasteiger partial charge in [0.15, 0.2) is 0 Å². The highest BCUT2D eigenvalue weighted by Gasteiger charge is 2.20. The van der Waals surface area contributed by atoms with Gasteiger partial charge in [0.25, 0.3) is 5.91 Å². The summed E-state index contributed by atoms with van der Waals surface area (Å²) in [4.78, 5) is 14.3. The Morgan fingerprint density at radius 1 is 1.22 bits per heavy atom. The van der Waals surface area contributed by atoms with Crippen molar-refractivity contribution < 1.29 is 4.79 Å². The normalized spacial score (nSPS) is 15.4. The predicted molar refractivity (Wildman–Crippen MR) is 74.9 cm³/mol. The maximum atomic E-state index is 12.3. The fourth-order valence-corrected chi connectivity index (χ4v) is 2.79. The van der Waals surface area contributed by atoms with E-state index in [0.29, 0.717) is 5.92 Å². The Labute approximate surface area is 110 Å². The number of hydrogen-bond acceptors (Lipinski definition) is 1. The molecule has 0 saturated carbocycles. The van der Waals surface area contributed by atoms with Gasteiger partial charge < -0.3 is 4.90 Å². The molecule has 0 radical (unpaired) electrons. The maximum absolute atomic E-state index is 12.3. The van der Waals surface area contributed by atoms with Crippen LogP contribution in [0, 0.1) is 0 Å². The van der Waals surface area contributed by atoms with Crippen molar-refractivity contribution in [3.8, 4) is 0 Å². The topological polar surface area (TPSA) is 20.3 Å². The largest absolute Gasteiger partial charge is 0.339 e. The lowest BCUT2D eigenvalue weighted by molar-refractivity contribution is 0.0792. The minimum atomic E-state index is 0.209. The maximum Gasteiger partial charge on any atom is 0.253 e. The van der Waals surface area contributed by atoms with Gasteiger partial charge in [0.2, 0.25) is 0 Å². The molecule has 0 N–H and O–H groups in total. The Bertz CT molecular complexity index is 403. The summed E-state index contributed by atoms with van der Waals surface area (Å²) in [5.74, 6) is 0.789. The van der Waals surface area contributed by atoms with Gasteiger partial charge in [-0.1, -0.05) is 26.0 Å². The quantitative estimate of drug-likeness (QED) is 0.789. The molecule has 2 nitrogen and oxygen atoms in total. The SMILES string of the molecule is CCC(CC)c1cccc(C(=O)N2CCCC2)c1. The zero-order valence-corrected chi connectivity index (χ0v) is 11.5. The summed E-state index contributed by atoms with van der Waals surface area (Å²) in [6.07, 6.45) is 4.58. The third kappa shape index (κ3) is 2.74. The lowest BCUT2D eigenvalue weighted by Gasteiger charge is -2.17. The minimum Gasteiger partial charge on any atom is -0.339 e. The molecule has 1 aliphatic heterocycles. The molecule has 0 atom stereocenters. The van der Waals surface area contributed by atoms with Crippen molar-refractivity contribution in [1.82, 2.24) is 4.90 Å². The number of amides is 1. The summed E-state index contributed by atoms with van der Waals surface area (Å²) in [7, 11) is 0. The summed E-state index contributed by atoms with van der Waals surface area (Å²) in [6.45, 7) is 6.27. The number of nitrogens with zero attached hydrogens (tertiary/aromatic N) is 1. The molecule has 1 aliphatic rings. The van der Waals surface area contributed by atoms with Crippen molar-refractivity contribution in [2.24, 2.45) is 0 Å². The van der Waals surface area contributed by atoms with Crippen LogP contribution in [0.25, 0.3) is 0 Å². The van der Waals surface area contributed by atoms with Crippen LogP contribution in [0.1, 0.15) is 61.4 Å². The van der Waals surface area contributed by atoms with Gasteiger partial charge in [-0.3, -0.25) is 4.79 Å². The van der Waals surface area contributed by atoms with E-state index in [1.165, 1.54) is 5.56 Å². The number of carbonyl (C=O) groups is 1. The van der Waals surface area contributed by atoms with E-state index in [1.807, 2.05) is 17.0 Å². The van der Waals surface area contributed by atoms with Crippen molar-refractivity contribution in [3.05, 3.63) is 35.4 Å². The molecular formula is C16H23NO. The van der Waals surface area contributed by atoms with Crippen molar-refractivity contribution >= 4 is 5.91 Å². The van der Waals surface area contributed by atoms with Crippen LogP contribution in [0.2, 0.25) is 0 Å². The molecule has 1 fully saturated rings. The zero-order chi connectivity index (χ0) is 13.0. The molecule has 1 saturated heterocycles. The van der Waals surface area contributed by atoms with Gasteiger partial charge in [0.1, 0.15) is 0 Å². The molecule has 2 rings (SSSR count). The summed E-state index contributed by atoms with van der Waals surface area (Å²) < 4.78 is 0. The van der Waals surface area contributed by atoms with Crippen molar-refractivity contribution in [2.45, 2.75) is 45.4 Å². The third-order valence-electron chi connectivity index (χ3n) is 3.98. The summed E-state index contributed by atoms with van der Waals surface area (Å²) in [5.41, 5.74) is 2.17. The van der Waals surface area contributed by atoms with Crippen molar-refractivity contribution in [1.29, 1.82) is 0 Å². The van der Waals surface area contributed by atoms with Crippen LogP contribution in [0.5, 0.6) is 0 Å². The van der Waals surface area contributed by atoms with Crippen LogP contribution in [-0.2, 0) is 0 Å². The fourth-order valence-electron chi connectivity index (χ4n) is 2.79. The van der Waals surface area contributed by atoms with Gasteiger partial charge in [0.05, 0.1) is 0 Å². The van der Waals surface area contributed by atoms with Crippen LogP contribution in [0.4, 0.5) is 0 Å². The molecule has 0 unspecified atom stereocenters. The first-order valence-electron chi connectivity index (χ1n) is 7.15. The lowest BCUT2D eigenvalue weighted by atomic mass is 9.92. The average molecular weight is 245 g/mol. The molecule has 0 aromatic heterocycles. The van der Waals surface area contributed by atoms with E-state index in [9.17, 15) is 4.79 Å². The molecule has 1 aromatic rings. The second kappa shape index (κ2) is 6.03. The molecule has 1 aromatic carbocycles. The van der Waals surface area contributed by atoms with Crippen LogP contribution < -0.4 is 0 Å². The zero-order valence-electron chi connectivity index (χ0n) is 11.5. The highest BCUT2D eigenvalue weighted by molar-refractivity contribution is 5.94. The summed E-state index contributed by atoms with van der Waals surface area (Å²) >= 11 is 0. The van der Waals surface area contributed by atoms with E-state index in [-0.39, 0.29) is 5.91 Å². The Morgan fingerprint density at radius 3 is 2.50 bits per heavy atom. The van der Waals surface area contributed by atoms with Gasteiger partial charge in [-0.15, -0.1) is 0 Å². The highest BCUT2D eigenvalue weighted by atomic mass is 16.2.